The monoisotopic (exact) mass is 464 g/mol. The van der Waals surface area contributed by atoms with Gasteiger partial charge in [0.1, 0.15) is 11.5 Å². The molecular formula is C23H27F3N4O3. The Morgan fingerprint density at radius 2 is 1.88 bits per heavy atom. The van der Waals surface area contributed by atoms with Gasteiger partial charge in [-0.25, -0.2) is 4.79 Å². The van der Waals surface area contributed by atoms with Crippen LogP contribution in [0.4, 0.5) is 29.3 Å². The lowest BCUT2D eigenvalue weighted by atomic mass is 10.1. The predicted octanol–water partition coefficient (Wildman–Crippen LogP) is 4.38. The first-order valence-corrected chi connectivity index (χ1v) is 11.0. The Morgan fingerprint density at radius 1 is 1.12 bits per heavy atom. The first-order valence-electron chi connectivity index (χ1n) is 11.0. The zero-order valence-electron chi connectivity index (χ0n) is 18.2. The number of piperidine rings is 1. The summed E-state index contributed by atoms with van der Waals surface area (Å²) in [6.45, 7) is 4.89. The second kappa shape index (κ2) is 9.78. The van der Waals surface area contributed by atoms with Gasteiger partial charge in [0.25, 0.3) is 0 Å². The molecule has 2 aliphatic rings. The summed E-state index contributed by atoms with van der Waals surface area (Å²) in [5.41, 5.74) is 2.57. The van der Waals surface area contributed by atoms with E-state index in [1.54, 1.807) is 0 Å². The highest BCUT2D eigenvalue weighted by Crippen LogP contribution is 2.32. The second-order valence-electron chi connectivity index (χ2n) is 8.15. The molecule has 0 aromatic heterocycles. The third-order valence-electron chi connectivity index (χ3n) is 5.77. The molecule has 2 unspecified atom stereocenters. The summed E-state index contributed by atoms with van der Waals surface area (Å²) in [4.78, 5) is 14.8. The number of benzene rings is 2. The van der Waals surface area contributed by atoms with Crippen molar-refractivity contribution in [1.82, 2.24) is 10.6 Å². The molecule has 2 saturated heterocycles. The first-order chi connectivity index (χ1) is 15.8. The van der Waals surface area contributed by atoms with Crippen molar-refractivity contribution in [3.63, 3.8) is 0 Å². The number of hydrogen-bond acceptors (Lipinski definition) is 5. The summed E-state index contributed by atoms with van der Waals surface area (Å²) in [6.07, 6.45) is -2.37. The van der Waals surface area contributed by atoms with Gasteiger partial charge in [-0.3, -0.25) is 5.32 Å². The lowest BCUT2D eigenvalue weighted by Crippen LogP contribution is -2.56. The predicted molar refractivity (Wildman–Crippen MR) is 119 cm³/mol. The van der Waals surface area contributed by atoms with Crippen molar-refractivity contribution in [1.29, 1.82) is 0 Å². The van der Waals surface area contributed by atoms with Crippen LogP contribution in [0.5, 0.6) is 11.5 Å². The minimum atomic E-state index is -4.76. The molecule has 0 radical (unpaired) electrons. The molecule has 0 saturated carbocycles. The molecule has 0 aliphatic carbocycles. The van der Waals surface area contributed by atoms with Gasteiger partial charge < -0.3 is 25.0 Å². The molecule has 0 spiro atoms. The number of urea groups is 1. The lowest BCUT2D eigenvalue weighted by Gasteiger charge is -2.36. The van der Waals surface area contributed by atoms with Gasteiger partial charge >= 0.3 is 12.4 Å². The molecule has 2 fully saturated rings. The van der Waals surface area contributed by atoms with Crippen LogP contribution in [0.2, 0.25) is 0 Å². The minimum absolute atomic E-state index is 0.279. The summed E-state index contributed by atoms with van der Waals surface area (Å²) in [6, 6.07) is 10.2. The van der Waals surface area contributed by atoms with E-state index in [9.17, 15) is 18.0 Å². The van der Waals surface area contributed by atoms with Gasteiger partial charge in [0.05, 0.1) is 6.04 Å². The average Bonchev–Trinajstić information content (AvgIpc) is 2.71. The molecule has 7 nitrogen and oxygen atoms in total. The maximum Gasteiger partial charge on any atom is 0.573 e. The lowest BCUT2D eigenvalue weighted by molar-refractivity contribution is -0.274. The molecule has 178 valence electrons. The van der Waals surface area contributed by atoms with Gasteiger partial charge in [-0.05, 0) is 69.1 Å². The van der Waals surface area contributed by atoms with E-state index in [2.05, 4.69) is 31.7 Å². The van der Waals surface area contributed by atoms with Crippen LogP contribution in [0, 0.1) is 6.92 Å². The number of anilines is 2. The Kier molecular flexibility index (Phi) is 6.83. The number of hydrogen-bond donors (Lipinski definition) is 3. The average molecular weight is 464 g/mol. The van der Waals surface area contributed by atoms with Crippen LogP contribution in [-0.2, 0) is 0 Å². The Labute approximate surface area is 190 Å². The SMILES string of the molecule is Cc1c(OC2NCCCC2NC(=O)Nc2ccc(OC(F)(F)F)cc2)cccc1N1CCC1. The summed E-state index contributed by atoms with van der Waals surface area (Å²) < 4.78 is 47.0. The van der Waals surface area contributed by atoms with Gasteiger partial charge in [-0.2, -0.15) is 0 Å². The third-order valence-corrected chi connectivity index (χ3v) is 5.77. The van der Waals surface area contributed by atoms with E-state index in [-0.39, 0.29) is 11.8 Å². The normalized spacial score (nSPS) is 20.5. The van der Waals surface area contributed by atoms with Crippen molar-refractivity contribution in [3.05, 3.63) is 48.0 Å². The van der Waals surface area contributed by atoms with Crippen LogP contribution in [-0.4, -0.2) is 44.3 Å². The fourth-order valence-electron chi connectivity index (χ4n) is 3.97. The smallest absolute Gasteiger partial charge is 0.473 e. The molecule has 33 heavy (non-hydrogen) atoms. The van der Waals surface area contributed by atoms with Crippen molar-refractivity contribution in [2.75, 3.05) is 29.9 Å². The molecule has 2 aromatic carbocycles. The van der Waals surface area contributed by atoms with E-state index in [0.29, 0.717) is 5.69 Å². The number of ether oxygens (including phenoxy) is 2. The number of nitrogens with zero attached hydrogens (tertiary/aromatic N) is 1. The van der Waals surface area contributed by atoms with Crippen LogP contribution in [0.15, 0.2) is 42.5 Å². The second-order valence-corrected chi connectivity index (χ2v) is 8.15. The number of amides is 2. The van der Waals surface area contributed by atoms with Gasteiger partial charge in [0.15, 0.2) is 6.23 Å². The van der Waals surface area contributed by atoms with Crippen molar-refractivity contribution >= 4 is 17.4 Å². The van der Waals surface area contributed by atoms with Crippen LogP contribution in [0.1, 0.15) is 24.8 Å². The fourth-order valence-corrected chi connectivity index (χ4v) is 3.97. The fraction of sp³-hybridized carbons (Fsp3) is 0.435. The summed E-state index contributed by atoms with van der Waals surface area (Å²) >= 11 is 0. The number of carbonyl (C=O) groups is 1. The largest absolute Gasteiger partial charge is 0.573 e. The zero-order chi connectivity index (χ0) is 23.4. The maximum atomic E-state index is 12.5. The standard InChI is InChI=1S/C23H27F3N4O3/c1-15-19(30-13-4-14-30)6-2-7-20(15)32-21-18(5-3-12-27-21)29-22(31)28-16-8-10-17(11-9-16)33-23(24,25)26/h2,6-11,18,21,27H,3-5,12-14H2,1H3,(H2,28,29,31). The number of alkyl halides is 3. The summed E-state index contributed by atoms with van der Waals surface area (Å²) in [5, 5.41) is 8.87. The number of nitrogens with one attached hydrogen (secondary N) is 3. The molecule has 2 aromatic rings. The van der Waals surface area contributed by atoms with Crippen LogP contribution in [0.25, 0.3) is 0 Å². The van der Waals surface area contributed by atoms with E-state index in [0.717, 1.165) is 61.6 Å². The molecule has 2 aliphatic heterocycles. The Morgan fingerprint density at radius 3 is 2.55 bits per heavy atom. The molecule has 2 heterocycles. The molecule has 10 heteroatoms. The Hall–Kier alpha value is -3.14. The van der Waals surface area contributed by atoms with Gasteiger partial charge in [0, 0.05) is 30.0 Å². The van der Waals surface area contributed by atoms with Crippen molar-refractivity contribution in [2.45, 2.75) is 44.8 Å². The first kappa shape index (κ1) is 23.0. The van der Waals surface area contributed by atoms with Crippen molar-refractivity contribution in [3.8, 4) is 11.5 Å². The van der Waals surface area contributed by atoms with Gasteiger partial charge in [0.2, 0.25) is 0 Å². The number of carbonyl (C=O) groups excluding carboxylic acids is 1. The van der Waals surface area contributed by atoms with E-state index in [4.69, 9.17) is 4.74 Å². The maximum absolute atomic E-state index is 12.5. The molecular weight excluding hydrogens is 437 g/mol. The van der Waals surface area contributed by atoms with Gasteiger partial charge in [-0.15, -0.1) is 13.2 Å². The minimum Gasteiger partial charge on any atom is -0.473 e. The number of rotatable bonds is 6. The summed E-state index contributed by atoms with van der Waals surface area (Å²) in [5.74, 6) is 0.417. The van der Waals surface area contributed by atoms with Gasteiger partial charge in [-0.1, -0.05) is 6.07 Å². The Balaban J connectivity index is 1.36. The van der Waals surface area contributed by atoms with E-state index < -0.39 is 18.6 Å². The molecule has 4 rings (SSSR count). The van der Waals surface area contributed by atoms with Crippen molar-refractivity contribution < 1.29 is 27.4 Å². The molecule has 2 amide bonds. The van der Waals surface area contributed by atoms with Crippen LogP contribution < -0.4 is 30.3 Å². The third kappa shape index (κ3) is 6.01. The topological polar surface area (TPSA) is 74.9 Å². The quantitative estimate of drug-likeness (QED) is 0.592. The van der Waals surface area contributed by atoms with Crippen molar-refractivity contribution in [2.24, 2.45) is 0 Å². The number of halogens is 3. The Bertz CT molecular complexity index is 964. The molecule has 3 N–H and O–H groups in total. The highest BCUT2D eigenvalue weighted by atomic mass is 19.4. The van der Waals surface area contributed by atoms with E-state index in [1.807, 2.05) is 19.1 Å². The molecule has 2 atom stereocenters. The molecule has 0 bridgehead atoms. The highest BCUT2D eigenvalue weighted by Gasteiger charge is 2.31. The van der Waals surface area contributed by atoms with Crippen LogP contribution in [0.3, 0.4) is 0 Å². The van der Waals surface area contributed by atoms with E-state index in [1.165, 1.54) is 18.6 Å². The highest BCUT2D eigenvalue weighted by molar-refractivity contribution is 5.89. The van der Waals surface area contributed by atoms with Crippen LogP contribution >= 0.6 is 0 Å². The van der Waals surface area contributed by atoms with E-state index >= 15 is 0 Å². The summed E-state index contributed by atoms with van der Waals surface area (Å²) in [7, 11) is 0. The zero-order valence-corrected chi connectivity index (χ0v) is 18.2.